The van der Waals surface area contributed by atoms with Gasteiger partial charge < -0.3 is 31.5 Å². The van der Waals surface area contributed by atoms with E-state index in [4.69, 9.17) is 5.73 Å². The van der Waals surface area contributed by atoms with Gasteiger partial charge in [-0.15, -0.1) is 0 Å². The van der Waals surface area contributed by atoms with E-state index < -0.39 is 0 Å². The van der Waals surface area contributed by atoms with Gasteiger partial charge in [0.2, 0.25) is 0 Å². The first kappa shape index (κ1) is 35.3. The van der Waals surface area contributed by atoms with Gasteiger partial charge in [0.05, 0.1) is 0 Å². The van der Waals surface area contributed by atoms with Gasteiger partial charge in [-0.25, -0.2) is 4.79 Å². The first-order chi connectivity index (χ1) is 24.9. The molecule has 0 aliphatic carbocycles. The van der Waals surface area contributed by atoms with Gasteiger partial charge in [-0.2, -0.15) is 0 Å². The summed E-state index contributed by atoms with van der Waals surface area (Å²) < 4.78 is 0. The van der Waals surface area contributed by atoms with Gasteiger partial charge in [0.1, 0.15) is 0 Å². The maximum absolute atomic E-state index is 13.3. The van der Waals surface area contributed by atoms with Gasteiger partial charge >= 0.3 is 6.03 Å². The number of likely N-dealkylation sites (tertiary alicyclic amines) is 2. The highest BCUT2D eigenvalue weighted by atomic mass is 16.2. The van der Waals surface area contributed by atoms with E-state index in [1.54, 1.807) is 29.4 Å². The number of hydrogen-bond donors (Lipinski definition) is 4. The SMILES string of the molecule is NC1CCN(C(=O)c2cccc(-c3ccc(NC(=O)NCCc4cccnc4)cc3C#Cc3ccc(C(=O)NCCN4CCCCC4)cc3)c2)C1. The second-order valence-electron chi connectivity index (χ2n) is 13.1. The van der Waals surface area contributed by atoms with Crippen LogP contribution in [-0.4, -0.2) is 84.5 Å². The van der Waals surface area contributed by atoms with Crippen molar-refractivity contribution < 1.29 is 14.4 Å². The number of benzene rings is 3. The maximum Gasteiger partial charge on any atom is 0.319 e. The Morgan fingerprint density at radius 3 is 2.45 bits per heavy atom. The van der Waals surface area contributed by atoms with Crippen LogP contribution in [0.2, 0.25) is 0 Å². The number of carbonyl (C=O) groups is 3. The zero-order valence-corrected chi connectivity index (χ0v) is 28.9. The van der Waals surface area contributed by atoms with E-state index in [1.165, 1.54) is 19.3 Å². The lowest BCUT2D eigenvalue weighted by Gasteiger charge is -2.26. The summed E-state index contributed by atoms with van der Waals surface area (Å²) in [6.07, 6.45) is 8.69. The Balaban J connectivity index is 1.18. The summed E-state index contributed by atoms with van der Waals surface area (Å²) in [5.41, 5.74) is 11.9. The molecule has 4 aromatic rings. The number of amides is 4. The molecular formula is C41H45N7O3. The zero-order valence-electron chi connectivity index (χ0n) is 28.9. The van der Waals surface area contributed by atoms with Crippen LogP contribution in [0.25, 0.3) is 11.1 Å². The fraction of sp³-hybridized carbons (Fsp3) is 0.317. The zero-order chi connectivity index (χ0) is 35.4. The number of piperidine rings is 1. The number of rotatable bonds is 10. The van der Waals surface area contributed by atoms with Crippen molar-refractivity contribution in [2.24, 2.45) is 5.73 Å². The van der Waals surface area contributed by atoms with E-state index in [0.717, 1.165) is 48.3 Å². The fourth-order valence-electron chi connectivity index (χ4n) is 6.45. The molecule has 51 heavy (non-hydrogen) atoms. The van der Waals surface area contributed by atoms with Crippen molar-refractivity contribution in [3.8, 4) is 23.0 Å². The number of nitrogens with one attached hydrogen (secondary N) is 3. The first-order valence-corrected chi connectivity index (χ1v) is 17.8. The molecule has 262 valence electrons. The second-order valence-corrected chi connectivity index (χ2v) is 13.1. The molecule has 2 fully saturated rings. The van der Waals surface area contributed by atoms with Crippen molar-refractivity contribution in [1.82, 2.24) is 25.4 Å². The predicted molar refractivity (Wildman–Crippen MR) is 200 cm³/mol. The summed E-state index contributed by atoms with van der Waals surface area (Å²) >= 11 is 0. The second kappa shape index (κ2) is 17.4. The highest BCUT2D eigenvalue weighted by Crippen LogP contribution is 2.28. The molecule has 2 aliphatic heterocycles. The van der Waals surface area contributed by atoms with E-state index in [2.05, 4.69) is 37.7 Å². The number of urea groups is 1. The lowest BCUT2D eigenvalue weighted by Crippen LogP contribution is -2.37. The van der Waals surface area contributed by atoms with E-state index in [1.807, 2.05) is 66.7 Å². The van der Waals surface area contributed by atoms with Gasteiger partial charge in [-0.05, 0) is 110 Å². The van der Waals surface area contributed by atoms with E-state index in [-0.39, 0.29) is 23.9 Å². The molecular weight excluding hydrogens is 638 g/mol. The topological polar surface area (TPSA) is 133 Å². The molecule has 1 atom stereocenters. The van der Waals surface area contributed by atoms with Crippen molar-refractivity contribution in [1.29, 1.82) is 0 Å². The van der Waals surface area contributed by atoms with Crippen molar-refractivity contribution in [3.63, 3.8) is 0 Å². The van der Waals surface area contributed by atoms with Crippen LogP contribution in [-0.2, 0) is 6.42 Å². The average Bonchev–Trinajstić information content (AvgIpc) is 3.61. The third-order valence-electron chi connectivity index (χ3n) is 9.28. The van der Waals surface area contributed by atoms with Gasteiger partial charge in [0.25, 0.3) is 11.8 Å². The summed E-state index contributed by atoms with van der Waals surface area (Å²) in [6, 6.07) is 23.8. The molecule has 5 N–H and O–H groups in total. The molecule has 2 saturated heterocycles. The van der Waals surface area contributed by atoms with E-state index in [0.29, 0.717) is 55.0 Å². The summed E-state index contributed by atoms with van der Waals surface area (Å²) in [6.45, 7) is 5.32. The third-order valence-corrected chi connectivity index (χ3v) is 9.28. The number of aromatic nitrogens is 1. The molecule has 4 amide bonds. The number of anilines is 1. The van der Waals surface area contributed by atoms with Gasteiger partial charge in [-0.1, -0.05) is 42.5 Å². The molecule has 2 aliphatic rings. The lowest BCUT2D eigenvalue weighted by atomic mass is 9.97. The van der Waals surface area contributed by atoms with Crippen molar-refractivity contribution in [2.45, 2.75) is 38.1 Å². The number of hydrogen-bond acceptors (Lipinski definition) is 6. The monoisotopic (exact) mass is 683 g/mol. The Morgan fingerprint density at radius 1 is 0.843 bits per heavy atom. The highest BCUT2D eigenvalue weighted by molar-refractivity contribution is 5.96. The van der Waals surface area contributed by atoms with E-state index in [9.17, 15) is 14.4 Å². The third kappa shape index (κ3) is 10.0. The Hall–Kier alpha value is -5.50. The fourth-order valence-corrected chi connectivity index (χ4v) is 6.45. The Bertz CT molecular complexity index is 1880. The maximum atomic E-state index is 13.3. The van der Waals surface area contributed by atoms with Crippen molar-refractivity contribution in [3.05, 3.63) is 119 Å². The molecule has 0 radical (unpaired) electrons. The van der Waals surface area contributed by atoms with Crippen LogP contribution in [0.5, 0.6) is 0 Å². The predicted octanol–water partition coefficient (Wildman–Crippen LogP) is 4.90. The number of nitrogens with zero attached hydrogens (tertiary/aromatic N) is 3. The molecule has 3 aromatic carbocycles. The average molecular weight is 684 g/mol. The molecule has 1 unspecified atom stereocenters. The van der Waals surface area contributed by atoms with Crippen LogP contribution in [0.3, 0.4) is 0 Å². The normalized spacial score (nSPS) is 15.8. The summed E-state index contributed by atoms with van der Waals surface area (Å²) in [5, 5.41) is 8.85. The Labute approximate surface area is 299 Å². The molecule has 0 bridgehead atoms. The number of carbonyl (C=O) groups excluding carboxylic acids is 3. The van der Waals surface area contributed by atoms with Crippen LogP contribution < -0.4 is 21.7 Å². The molecule has 0 saturated carbocycles. The molecule has 6 rings (SSSR count). The minimum Gasteiger partial charge on any atom is -0.351 e. The highest BCUT2D eigenvalue weighted by Gasteiger charge is 2.25. The minimum absolute atomic E-state index is 0.000472. The Kier molecular flexibility index (Phi) is 12.1. The smallest absolute Gasteiger partial charge is 0.319 e. The molecule has 0 spiro atoms. The van der Waals surface area contributed by atoms with Crippen LogP contribution in [0.1, 0.15) is 63.1 Å². The lowest BCUT2D eigenvalue weighted by molar-refractivity contribution is 0.0790. The van der Waals surface area contributed by atoms with Crippen molar-refractivity contribution >= 4 is 23.5 Å². The van der Waals surface area contributed by atoms with Gasteiger partial charge in [0, 0.05) is 79.1 Å². The molecule has 1 aromatic heterocycles. The van der Waals surface area contributed by atoms with Crippen LogP contribution in [0.15, 0.2) is 91.3 Å². The van der Waals surface area contributed by atoms with Gasteiger partial charge in [-0.3, -0.25) is 14.6 Å². The summed E-state index contributed by atoms with van der Waals surface area (Å²) in [7, 11) is 0. The largest absolute Gasteiger partial charge is 0.351 e. The standard InChI is InChI=1S/C41H45N7O3/c42-36-18-24-48(29-36)40(50)35-8-4-7-33(26-35)38-16-15-37(46-41(51)45-20-17-31-6-5-19-43-28-31)27-34(38)14-11-30-9-12-32(13-10-30)39(49)44-21-25-47-22-2-1-3-23-47/h4-10,12-13,15-16,19,26-28,36H,1-3,17-18,20-25,29,42H2,(H,44,49)(H2,45,46,51). The van der Waals surface area contributed by atoms with Gasteiger partial charge in [0.15, 0.2) is 0 Å². The first-order valence-electron chi connectivity index (χ1n) is 17.8. The summed E-state index contributed by atoms with van der Waals surface area (Å²) in [5.74, 6) is 6.37. The minimum atomic E-state index is -0.327. The Morgan fingerprint density at radius 2 is 1.69 bits per heavy atom. The number of nitrogens with two attached hydrogens (primary N) is 1. The molecule has 3 heterocycles. The summed E-state index contributed by atoms with van der Waals surface area (Å²) in [4.78, 5) is 47.2. The van der Waals surface area contributed by atoms with E-state index >= 15 is 0 Å². The quantitative estimate of drug-likeness (QED) is 0.176. The van der Waals surface area contributed by atoms with Crippen molar-refractivity contribution in [2.75, 3.05) is 51.1 Å². The molecule has 10 heteroatoms. The molecule has 10 nitrogen and oxygen atoms in total. The van der Waals surface area contributed by atoms with Crippen LogP contribution in [0.4, 0.5) is 10.5 Å². The van der Waals surface area contributed by atoms with Crippen LogP contribution in [0, 0.1) is 11.8 Å². The number of pyridine rings is 1. The van der Waals surface area contributed by atoms with Crippen LogP contribution >= 0.6 is 0 Å².